The summed E-state index contributed by atoms with van der Waals surface area (Å²) >= 11 is 0. The first-order valence-corrected chi connectivity index (χ1v) is 5.36. The largest absolute Gasteiger partial charge is 0.0912 e. The van der Waals surface area contributed by atoms with E-state index in [1.807, 2.05) is 0 Å². The van der Waals surface area contributed by atoms with Gasteiger partial charge in [-0.25, -0.2) is 0 Å². The Balaban J connectivity index is 2.17. The van der Waals surface area contributed by atoms with E-state index >= 15 is 0 Å². The van der Waals surface area contributed by atoms with Crippen LogP contribution >= 0.6 is 15.9 Å². The minimum atomic E-state index is 0.657. The Morgan fingerprint density at radius 1 is 2.00 bits per heavy atom. The summed E-state index contributed by atoms with van der Waals surface area (Å²) in [5.74, 6) is 1.58. The molecule has 0 amide bonds. The molecule has 0 aliphatic carbocycles. The molecule has 1 aliphatic heterocycles. The normalized spacial score (nSPS) is 45.8. The average Bonchev–Trinajstić information content (AvgIpc) is 1.75. The second-order valence-electron chi connectivity index (χ2n) is 1.01. The van der Waals surface area contributed by atoms with Gasteiger partial charge in [0, 0.05) is 0 Å². The predicted molar refractivity (Wildman–Crippen MR) is 26.0 cm³/mol. The van der Waals surface area contributed by atoms with E-state index in [0.29, 0.717) is 7.61 Å². The molecule has 0 aromatic heterocycles. The number of hydrogen-bond acceptors (Lipinski definition) is 0. The fraction of sp³-hybridized carbons (Fsp3) is 1.00. The van der Waals surface area contributed by atoms with E-state index in [1.54, 1.807) is 5.90 Å². The van der Waals surface area contributed by atoms with Crippen LogP contribution in [0.25, 0.3) is 0 Å². The van der Waals surface area contributed by atoms with Crippen LogP contribution in [0, 0.1) is 0 Å². The molecule has 1 saturated heterocycles. The Bertz CT molecular complexity index is 23.2. The SMILES string of the molecule is CP1CP1. The molecular formula is C2H6P2. The van der Waals surface area contributed by atoms with Crippen molar-refractivity contribution in [1.29, 1.82) is 0 Å². The lowest BCUT2D eigenvalue weighted by atomic mass is 11.9. The van der Waals surface area contributed by atoms with Crippen LogP contribution in [0.3, 0.4) is 0 Å². The minimum Gasteiger partial charge on any atom is -0.0912 e. The molecular weight excluding hydrogens is 86.0 g/mol. The van der Waals surface area contributed by atoms with Gasteiger partial charge in [0.25, 0.3) is 0 Å². The van der Waals surface area contributed by atoms with Gasteiger partial charge in [0.2, 0.25) is 0 Å². The summed E-state index contributed by atoms with van der Waals surface area (Å²) in [7, 11) is 2.03. The van der Waals surface area contributed by atoms with Crippen LogP contribution in [-0.4, -0.2) is 12.6 Å². The van der Waals surface area contributed by atoms with Gasteiger partial charge in [-0.05, 0) is 12.6 Å². The lowest BCUT2D eigenvalue weighted by Crippen LogP contribution is -1.18. The van der Waals surface area contributed by atoms with E-state index in [9.17, 15) is 0 Å². The van der Waals surface area contributed by atoms with Crippen LogP contribution in [0.5, 0.6) is 0 Å². The maximum Gasteiger partial charge on any atom is -0.00750 e. The summed E-state index contributed by atoms with van der Waals surface area (Å²) < 4.78 is 0. The van der Waals surface area contributed by atoms with Crippen molar-refractivity contribution in [2.45, 2.75) is 0 Å². The molecule has 2 atom stereocenters. The first kappa shape index (κ1) is 3.07. The van der Waals surface area contributed by atoms with Crippen molar-refractivity contribution in [2.24, 2.45) is 0 Å². The smallest absolute Gasteiger partial charge is 0.00750 e. The Morgan fingerprint density at radius 2 is 2.25 bits per heavy atom. The molecule has 1 aliphatic rings. The topological polar surface area (TPSA) is 0 Å². The molecule has 0 bridgehead atoms. The van der Waals surface area contributed by atoms with Gasteiger partial charge in [0.05, 0.1) is 0 Å². The van der Waals surface area contributed by atoms with Crippen LogP contribution < -0.4 is 0 Å². The van der Waals surface area contributed by atoms with Gasteiger partial charge in [0.15, 0.2) is 0 Å². The van der Waals surface area contributed by atoms with Crippen molar-refractivity contribution < 1.29 is 0 Å². The predicted octanol–water partition coefficient (Wildman–Crippen LogP) is 1.66. The molecule has 2 unspecified atom stereocenters. The first-order chi connectivity index (χ1) is 1.89. The molecule has 1 fully saturated rings. The van der Waals surface area contributed by atoms with E-state index in [-0.39, 0.29) is 0 Å². The Morgan fingerprint density at radius 3 is 2.25 bits per heavy atom. The van der Waals surface area contributed by atoms with Gasteiger partial charge >= 0.3 is 0 Å². The molecule has 0 nitrogen and oxygen atoms in total. The van der Waals surface area contributed by atoms with E-state index in [0.717, 1.165) is 0 Å². The molecule has 0 aromatic carbocycles. The number of rotatable bonds is 0. The third-order valence-electron chi connectivity index (χ3n) is 0.474. The van der Waals surface area contributed by atoms with Crippen molar-refractivity contribution in [1.82, 2.24) is 0 Å². The lowest BCUT2D eigenvalue weighted by Gasteiger charge is -1.55. The molecule has 1 rings (SSSR count). The molecule has 0 N–H and O–H groups in total. The van der Waals surface area contributed by atoms with Crippen molar-refractivity contribution in [3.05, 3.63) is 0 Å². The summed E-state index contributed by atoms with van der Waals surface area (Å²) in [5, 5.41) is 0. The monoisotopic (exact) mass is 92.0 g/mol. The van der Waals surface area contributed by atoms with Gasteiger partial charge in [0.1, 0.15) is 0 Å². The van der Waals surface area contributed by atoms with E-state index in [1.165, 1.54) is 8.27 Å². The molecule has 1 heterocycles. The molecule has 0 aromatic rings. The second-order valence-corrected chi connectivity index (χ2v) is 7.23. The van der Waals surface area contributed by atoms with Crippen molar-refractivity contribution >= 4 is 15.9 Å². The zero-order valence-corrected chi connectivity index (χ0v) is 4.55. The molecule has 2 heteroatoms. The van der Waals surface area contributed by atoms with Gasteiger partial charge in [-0.3, -0.25) is 0 Å². The Labute approximate surface area is 29.4 Å². The van der Waals surface area contributed by atoms with Gasteiger partial charge in [-0.2, -0.15) is 0 Å². The molecule has 24 valence electrons. The van der Waals surface area contributed by atoms with Gasteiger partial charge < -0.3 is 0 Å². The van der Waals surface area contributed by atoms with Crippen molar-refractivity contribution in [3.8, 4) is 0 Å². The highest BCUT2D eigenvalue weighted by atomic mass is 32.1. The Kier molecular flexibility index (Phi) is 0.705. The second kappa shape index (κ2) is 0.919. The van der Waals surface area contributed by atoms with Crippen LogP contribution in [0.4, 0.5) is 0 Å². The van der Waals surface area contributed by atoms with Crippen molar-refractivity contribution in [3.63, 3.8) is 0 Å². The highest BCUT2D eigenvalue weighted by Gasteiger charge is 2.11. The zero-order chi connectivity index (χ0) is 2.99. The summed E-state index contributed by atoms with van der Waals surface area (Å²) in [5.41, 5.74) is 0. The molecule has 0 radical (unpaired) electrons. The zero-order valence-electron chi connectivity index (χ0n) is 2.65. The highest BCUT2D eigenvalue weighted by molar-refractivity contribution is 8.37. The summed E-state index contributed by atoms with van der Waals surface area (Å²) in [4.78, 5) is 0. The maximum atomic E-state index is 2.35. The van der Waals surface area contributed by atoms with Crippen molar-refractivity contribution in [2.75, 3.05) is 12.6 Å². The van der Waals surface area contributed by atoms with Gasteiger partial charge in [-0.15, -0.1) is 0 Å². The third kappa shape index (κ3) is 0.664. The number of hydrogen-bond donors (Lipinski definition) is 0. The maximum absolute atomic E-state index is 2.35. The highest BCUT2D eigenvalue weighted by Crippen LogP contribution is 2.73. The van der Waals surface area contributed by atoms with Crippen LogP contribution in [-0.2, 0) is 0 Å². The standard InChI is InChI=1S/C2H6P2/c1-4-2-3-4/h3H,2H2,1H3. The fourth-order valence-corrected chi connectivity index (χ4v) is 1.91. The summed E-state index contributed by atoms with van der Waals surface area (Å²) in [6.07, 6.45) is 0. The summed E-state index contributed by atoms with van der Waals surface area (Å²) in [6, 6.07) is 0. The quantitative estimate of drug-likeness (QED) is 0.398. The van der Waals surface area contributed by atoms with Crippen LogP contribution in [0.15, 0.2) is 0 Å². The molecule has 0 spiro atoms. The third-order valence-corrected chi connectivity index (χ3v) is 4.27. The average molecular weight is 92.0 g/mol. The first-order valence-electron chi connectivity index (χ1n) is 1.34. The molecule has 0 saturated carbocycles. The van der Waals surface area contributed by atoms with E-state index in [2.05, 4.69) is 6.66 Å². The van der Waals surface area contributed by atoms with Crippen LogP contribution in [0.1, 0.15) is 0 Å². The van der Waals surface area contributed by atoms with Gasteiger partial charge in [-0.1, -0.05) is 15.9 Å². The molecule has 4 heavy (non-hydrogen) atoms. The summed E-state index contributed by atoms with van der Waals surface area (Å²) in [6.45, 7) is 2.35. The fourth-order valence-electron chi connectivity index (χ4n) is 0.0707. The Hall–Kier alpha value is 0.860. The lowest BCUT2D eigenvalue weighted by molar-refractivity contribution is 2.28. The van der Waals surface area contributed by atoms with E-state index < -0.39 is 0 Å². The van der Waals surface area contributed by atoms with Crippen LogP contribution in [0.2, 0.25) is 0 Å². The minimum absolute atomic E-state index is 0.657. The van der Waals surface area contributed by atoms with E-state index in [4.69, 9.17) is 0 Å².